The van der Waals surface area contributed by atoms with Crippen molar-refractivity contribution < 1.29 is 0 Å². The van der Waals surface area contributed by atoms with Gasteiger partial charge < -0.3 is 0 Å². The molecular weight excluding hydrogens is 96.1 g/mol. The molecule has 0 heterocycles. The number of rotatable bonds is 4. The van der Waals surface area contributed by atoms with Crippen LogP contribution in [0.3, 0.4) is 0 Å². The third-order valence-electron chi connectivity index (χ3n) is 1.55. The Morgan fingerprint density at radius 3 is 2.38 bits per heavy atom. The van der Waals surface area contributed by atoms with E-state index in [1.54, 1.807) is 0 Å². The molecule has 8 heavy (non-hydrogen) atoms. The van der Waals surface area contributed by atoms with Crippen LogP contribution in [0.5, 0.6) is 0 Å². The van der Waals surface area contributed by atoms with Gasteiger partial charge in [-0.1, -0.05) is 33.6 Å². The molecule has 0 rings (SSSR count). The summed E-state index contributed by atoms with van der Waals surface area (Å²) in [6, 6.07) is 0. The predicted octanol–water partition coefficient (Wildman–Crippen LogP) is 3.04. The second kappa shape index (κ2) is 5.14. The Balaban J connectivity index is 2.86. The van der Waals surface area contributed by atoms with E-state index in [1.165, 1.54) is 19.3 Å². The van der Waals surface area contributed by atoms with Crippen molar-refractivity contribution in [3.8, 4) is 0 Å². The maximum absolute atomic E-state index is 2.36. The molecule has 0 bridgehead atoms. The Hall–Kier alpha value is 0. The molecule has 0 aromatic carbocycles. The van der Waals surface area contributed by atoms with Crippen LogP contribution in [-0.4, -0.2) is 0 Å². The minimum atomic E-state index is 0.898. The van der Waals surface area contributed by atoms with Gasteiger partial charge in [0, 0.05) is 0 Å². The highest BCUT2D eigenvalue weighted by Gasteiger charge is 1.94. The SMILES string of the molecule is CC[CH]C[C@H](C)CC. The monoisotopic (exact) mass is 113 g/mol. The standard InChI is InChI=1S/C8H17/c1-4-6-7-8(3)5-2/h6,8H,4-5,7H2,1-3H3/t8-/m1/s1. The summed E-state index contributed by atoms with van der Waals surface area (Å²) in [6.07, 6.45) is 6.20. The fraction of sp³-hybridized carbons (Fsp3) is 0.875. The highest BCUT2D eigenvalue weighted by atomic mass is 14.0. The molecule has 0 saturated carbocycles. The largest absolute Gasteiger partial charge is 0.0651 e. The first-order valence-corrected chi connectivity index (χ1v) is 3.62. The van der Waals surface area contributed by atoms with E-state index in [0.29, 0.717) is 0 Å². The van der Waals surface area contributed by atoms with E-state index in [2.05, 4.69) is 27.2 Å². The third-order valence-corrected chi connectivity index (χ3v) is 1.55. The van der Waals surface area contributed by atoms with Crippen molar-refractivity contribution >= 4 is 0 Å². The van der Waals surface area contributed by atoms with Gasteiger partial charge in [0.2, 0.25) is 0 Å². The smallest absolute Gasteiger partial charge is 0.0386 e. The lowest BCUT2D eigenvalue weighted by Crippen LogP contribution is -1.90. The number of unbranched alkanes of at least 4 members (excludes halogenated alkanes) is 1. The van der Waals surface area contributed by atoms with Crippen molar-refractivity contribution in [2.45, 2.75) is 40.0 Å². The molecule has 1 atom stereocenters. The fourth-order valence-corrected chi connectivity index (χ4v) is 0.618. The summed E-state index contributed by atoms with van der Waals surface area (Å²) in [5.74, 6) is 0.898. The molecule has 0 unspecified atom stereocenters. The lowest BCUT2D eigenvalue weighted by Gasteiger charge is -2.04. The lowest BCUT2D eigenvalue weighted by atomic mass is 10.0. The average Bonchev–Trinajstić information content (AvgIpc) is 1.83. The maximum Gasteiger partial charge on any atom is -0.0386 e. The first-order valence-electron chi connectivity index (χ1n) is 3.62. The summed E-state index contributed by atoms with van der Waals surface area (Å²) < 4.78 is 0. The van der Waals surface area contributed by atoms with Gasteiger partial charge in [0.1, 0.15) is 0 Å². The van der Waals surface area contributed by atoms with Crippen LogP contribution < -0.4 is 0 Å². The molecule has 1 radical (unpaired) electrons. The molecule has 0 spiro atoms. The molecule has 0 fully saturated rings. The number of hydrogen-bond donors (Lipinski definition) is 0. The van der Waals surface area contributed by atoms with Crippen molar-refractivity contribution in [2.24, 2.45) is 5.92 Å². The van der Waals surface area contributed by atoms with E-state index in [1.807, 2.05) is 0 Å². The Bertz CT molecular complexity index is 39.3. The van der Waals surface area contributed by atoms with Crippen LogP contribution in [0.15, 0.2) is 0 Å². The topological polar surface area (TPSA) is 0 Å². The quantitative estimate of drug-likeness (QED) is 0.525. The van der Waals surface area contributed by atoms with Crippen LogP contribution in [0.2, 0.25) is 0 Å². The van der Waals surface area contributed by atoms with Gasteiger partial charge >= 0.3 is 0 Å². The summed E-state index contributed by atoms with van der Waals surface area (Å²) in [7, 11) is 0. The van der Waals surface area contributed by atoms with Crippen LogP contribution in [0.25, 0.3) is 0 Å². The van der Waals surface area contributed by atoms with Crippen LogP contribution in [-0.2, 0) is 0 Å². The van der Waals surface area contributed by atoms with E-state index in [4.69, 9.17) is 0 Å². The highest BCUT2D eigenvalue weighted by Crippen LogP contribution is 2.08. The van der Waals surface area contributed by atoms with Crippen molar-refractivity contribution in [1.29, 1.82) is 0 Å². The van der Waals surface area contributed by atoms with Gasteiger partial charge in [-0.3, -0.25) is 0 Å². The van der Waals surface area contributed by atoms with Crippen LogP contribution in [0, 0.1) is 12.3 Å². The Morgan fingerprint density at radius 2 is 2.00 bits per heavy atom. The Labute approximate surface area is 53.3 Å². The molecule has 0 aromatic heterocycles. The summed E-state index contributed by atoms with van der Waals surface area (Å²) in [6.45, 7) is 6.74. The van der Waals surface area contributed by atoms with Gasteiger partial charge in [-0.2, -0.15) is 0 Å². The minimum absolute atomic E-state index is 0.898. The van der Waals surface area contributed by atoms with E-state index < -0.39 is 0 Å². The summed E-state index contributed by atoms with van der Waals surface area (Å²) in [4.78, 5) is 0. The highest BCUT2D eigenvalue weighted by molar-refractivity contribution is 4.64. The molecule has 0 aromatic rings. The van der Waals surface area contributed by atoms with E-state index >= 15 is 0 Å². The average molecular weight is 113 g/mol. The van der Waals surface area contributed by atoms with Crippen molar-refractivity contribution in [1.82, 2.24) is 0 Å². The zero-order valence-corrected chi connectivity index (χ0v) is 6.28. The summed E-state index contributed by atoms with van der Waals surface area (Å²) >= 11 is 0. The molecule has 0 heteroatoms. The molecule has 49 valence electrons. The van der Waals surface area contributed by atoms with Gasteiger partial charge in [-0.25, -0.2) is 0 Å². The Morgan fingerprint density at radius 1 is 1.38 bits per heavy atom. The first kappa shape index (κ1) is 8.00. The van der Waals surface area contributed by atoms with Crippen LogP contribution in [0.1, 0.15) is 40.0 Å². The molecule has 0 nitrogen and oxygen atoms in total. The van der Waals surface area contributed by atoms with E-state index in [-0.39, 0.29) is 0 Å². The van der Waals surface area contributed by atoms with E-state index in [0.717, 1.165) is 5.92 Å². The minimum Gasteiger partial charge on any atom is -0.0651 e. The second-order valence-corrected chi connectivity index (χ2v) is 2.45. The molecule has 0 saturated heterocycles. The van der Waals surface area contributed by atoms with Crippen molar-refractivity contribution in [2.75, 3.05) is 0 Å². The zero-order chi connectivity index (χ0) is 6.41. The first-order chi connectivity index (χ1) is 3.81. The lowest BCUT2D eigenvalue weighted by molar-refractivity contribution is 0.547. The zero-order valence-electron chi connectivity index (χ0n) is 6.28. The van der Waals surface area contributed by atoms with Crippen molar-refractivity contribution in [3.63, 3.8) is 0 Å². The van der Waals surface area contributed by atoms with Crippen LogP contribution >= 0.6 is 0 Å². The molecule has 0 amide bonds. The molecule has 0 aliphatic heterocycles. The predicted molar refractivity (Wildman–Crippen MR) is 38.7 cm³/mol. The molecule has 0 N–H and O–H groups in total. The maximum atomic E-state index is 2.36. The van der Waals surface area contributed by atoms with Gasteiger partial charge in [0.05, 0.1) is 0 Å². The van der Waals surface area contributed by atoms with Gasteiger partial charge in [0.15, 0.2) is 0 Å². The normalized spacial score (nSPS) is 13.9. The second-order valence-electron chi connectivity index (χ2n) is 2.45. The third kappa shape index (κ3) is 4.17. The summed E-state index contributed by atoms with van der Waals surface area (Å²) in [5, 5.41) is 0. The Kier molecular flexibility index (Phi) is 5.14. The molecule has 0 aliphatic rings. The van der Waals surface area contributed by atoms with Gasteiger partial charge in [-0.15, -0.1) is 0 Å². The van der Waals surface area contributed by atoms with E-state index in [9.17, 15) is 0 Å². The van der Waals surface area contributed by atoms with Gasteiger partial charge in [-0.05, 0) is 18.8 Å². The number of hydrogen-bond acceptors (Lipinski definition) is 0. The molecular formula is C8H17. The van der Waals surface area contributed by atoms with Gasteiger partial charge in [0.25, 0.3) is 0 Å². The van der Waals surface area contributed by atoms with Crippen LogP contribution in [0.4, 0.5) is 0 Å². The van der Waals surface area contributed by atoms with Crippen molar-refractivity contribution in [3.05, 3.63) is 6.42 Å². The summed E-state index contributed by atoms with van der Waals surface area (Å²) in [5.41, 5.74) is 0. The molecule has 0 aliphatic carbocycles. The fourth-order valence-electron chi connectivity index (χ4n) is 0.618.